The first-order valence-corrected chi connectivity index (χ1v) is 12.0. The predicted molar refractivity (Wildman–Crippen MR) is 131 cm³/mol. The quantitative estimate of drug-likeness (QED) is 0.283. The van der Waals surface area contributed by atoms with E-state index in [0.717, 1.165) is 30.2 Å². The molecule has 0 saturated heterocycles. The van der Waals surface area contributed by atoms with Crippen LogP contribution in [0.5, 0.6) is 5.75 Å². The summed E-state index contributed by atoms with van der Waals surface area (Å²) in [5, 5.41) is 5.30. The van der Waals surface area contributed by atoms with Gasteiger partial charge in [-0.2, -0.15) is 13.2 Å². The summed E-state index contributed by atoms with van der Waals surface area (Å²) in [6.07, 6.45) is -2.07. The first kappa shape index (κ1) is 26.1. The number of rotatable bonds is 9. The number of unbranched alkanes of at least 4 members (excludes halogenated alkanes) is 2. The summed E-state index contributed by atoms with van der Waals surface area (Å²) in [5.41, 5.74) is -0.0418. The molecule has 34 heavy (non-hydrogen) atoms. The Labute approximate surface area is 209 Å². The number of thiazole rings is 1. The number of benzene rings is 2. The third-order valence-corrected chi connectivity index (χ3v) is 6.36. The molecular formula is C23H22Cl2F3N3O2S. The molecule has 3 aromatic rings. The third-order valence-electron chi connectivity index (χ3n) is 4.86. The Bertz CT molecular complexity index is 1150. The van der Waals surface area contributed by atoms with Gasteiger partial charge in [-0.3, -0.25) is 4.79 Å². The molecule has 0 atom stereocenters. The Morgan fingerprint density at radius 1 is 1.15 bits per heavy atom. The second-order valence-electron chi connectivity index (χ2n) is 7.39. The molecule has 11 heteroatoms. The number of hydrogen-bond donors (Lipinski definition) is 1. The van der Waals surface area contributed by atoms with Gasteiger partial charge in [0.15, 0.2) is 5.13 Å². The highest BCUT2D eigenvalue weighted by molar-refractivity contribution is 7.14. The van der Waals surface area contributed by atoms with Crippen molar-refractivity contribution in [3.8, 4) is 5.75 Å². The van der Waals surface area contributed by atoms with Gasteiger partial charge in [-0.15, -0.1) is 11.3 Å². The molecule has 5 nitrogen and oxygen atoms in total. The molecule has 0 radical (unpaired) electrons. The molecule has 1 heterocycles. The highest BCUT2D eigenvalue weighted by Gasteiger charge is 2.35. The van der Waals surface area contributed by atoms with Crippen LogP contribution in [-0.4, -0.2) is 24.5 Å². The Kier molecular flexibility index (Phi) is 8.67. The Hall–Kier alpha value is -2.49. The van der Waals surface area contributed by atoms with E-state index in [2.05, 4.69) is 10.3 Å². The normalized spacial score (nSPS) is 11.4. The number of aromatic nitrogens is 1. The smallest absolute Gasteiger partial charge is 0.420 e. The summed E-state index contributed by atoms with van der Waals surface area (Å²) in [4.78, 5) is 18.4. The van der Waals surface area contributed by atoms with Gasteiger partial charge in [0.1, 0.15) is 11.4 Å². The lowest BCUT2D eigenvalue weighted by Gasteiger charge is -2.16. The van der Waals surface area contributed by atoms with Crippen molar-refractivity contribution < 1.29 is 22.7 Å². The minimum atomic E-state index is -4.58. The lowest BCUT2D eigenvalue weighted by atomic mass is 10.1. The van der Waals surface area contributed by atoms with Crippen LogP contribution in [0.1, 0.15) is 42.2 Å². The summed E-state index contributed by atoms with van der Waals surface area (Å²) in [6, 6.07) is 8.51. The molecule has 1 aromatic heterocycles. The van der Waals surface area contributed by atoms with Gasteiger partial charge in [0.05, 0.1) is 22.2 Å². The zero-order valence-corrected chi connectivity index (χ0v) is 20.7. The number of nitrogens with zero attached hydrogens (tertiary/aromatic N) is 2. The molecule has 0 saturated carbocycles. The number of anilines is 3. The van der Waals surface area contributed by atoms with Gasteiger partial charge >= 0.3 is 6.18 Å². The van der Waals surface area contributed by atoms with Crippen molar-refractivity contribution in [3.05, 3.63) is 63.1 Å². The summed E-state index contributed by atoms with van der Waals surface area (Å²) in [6.45, 7) is 2.22. The van der Waals surface area contributed by atoms with Gasteiger partial charge in [-0.1, -0.05) is 43.0 Å². The maximum atomic E-state index is 13.6. The summed E-state index contributed by atoms with van der Waals surface area (Å²) >= 11 is 13.0. The van der Waals surface area contributed by atoms with E-state index in [9.17, 15) is 18.0 Å². The molecule has 0 aliphatic heterocycles. The van der Waals surface area contributed by atoms with Crippen LogP contribution >= 0.6 is 34.5 Å². The van der Waals surface area contributed by atoms with E-state index in [1.165, 1.54) is 22.4 Å². The van der Waals surface area contributed by atoms with Gasteiger partial charge in [0, 0.05) is 23.8 Å². The summed E-state index contributed by atoms with van der Waals surface area (Å²) < 4.78 is 46.1. The fourth-order valence-corrected chi connectivity index (χ4v) is 4.02. The Balaban J connectivity index is 1.74. The van der Waals surface area contributed by atoms with Gasteiger partial charge in [0.25, 0.3) is 5.91 Å². The standard InChI is InChI=1S/C23H22Cl2F3N3O2S/c1-3-4-5-10-33-20-9-6-14(11-16(20)23(26,27)28)29-22-30-19(13-34-22)21(32)31(2)15-7-8-17(24)18(25)12-15/h6-9,11-13H,3-5,10H2,1-2H3,(H,29,30). The average molecular weight is 532 g/mol. The molecule has 0 bridgehead atoms. The number of hydrogen-bond acceptors (Lipinski definition) is 5. The summed E-state index contributed by atoms with van der Waals surface area (Å²) in [7, 11) is 1.56. The van der Waals surface area contributed by atoms with Gasteiger partial charge in [0.2, 0.25) is 0 Å². The first-order valence-electron chi connectivity index (χ1n) is 10.4. The largest absolute Gasteiger partial charge is 0.493 e. The molecule has 0 spiro atoms. The second kappa shape index (κ2) is 11.3. The van der Waals surface area contributed by atoms with E-state index in [1.807, 2.05) is 6.92 Å². The van der Waals surface area contributed by atoms with Crippen molar-refractivity contribution >= 4 is 57.0 Å². The van der Waals surface area contributed by atoms with Crippen molar-refractivity contribution in [2.75, 3.05) is 23.9 Å². The minimum Gasteiger partial charge on any atom is -0.493 e. The lowest BCUT2D eigenvalue weighted by Crippen LogP contribution is -2.26. The van der Waals surface area contributed by atoms with Gasteiger partial charge in [-0.05, 0) is 42.8 Å². The van der Waals surface area contributed by atoms with Crippen LogP contribution in [0, 0.1) is 0 Å². The number of carbonyl (C=O) groups is 1. The molecule has 0 aliphatic carbocycles. The van der Waals surface area contributed by atoms with E-state index in [0.29, 0.717) is 22.2 Å². The van der Waals surface area contributed by atoms with Crippen LogP contribution in [0.4, 0.5) is 29.7 Å². The van der Waals surface area contributed by atoms with E-state index in [4.69, 9.17) is 27.9 Å². The highest BCUT2D eigenvalue weighted by atomic mass is 35.5. The third kappa shape index (κ3) is 6.55. The second-order valence-corrected chi connectivity index (χ2v) is 9.06. The van der Waals surface area contributed by atoms with Gasteiger partial charge in [-0.25, -0.2) is 4.98 Å². The topological polar surface area (TPSA) is 54.5 Å². The molecule has 3 rings (SSSR count). The van der Waals surface area contributed by atoms with Crippen molar-refractivity contribution in [2.24, 2.45) is 0 Å². The zero-order valence-electron chi connectivity index (χ0n) is 18.4. The van der Waals surface area contributed by atoms with Gasteiger partial charge < -0.3 is 15.0 Å². The first-order chi connectivity index (χ1) is 16.1. The van der Waals surface area contributed by atoms with Crippen molar-refractivity contribution in [1.29, 1.82) is 0 Å². The number of nitrogens with one attached hydrogen (secondary N) is 1. The number of carbonyl (C=O) groups excluding carboxylic acids is 1. The van der Waals surface area contributed by atoms with E-state index < -0.39 is 17.6 Å². The molecule has 0 unspecified atom stereocenters. The fourth-order valence-electron chi connectivity index (χ4n) is 3.02. The maximum absolute atomic E-state index is 13.6. The molecule has 0 aliphatic rings. The Morgan fingerprint density at radius 3 is 2.59 bits per heavy atom. The lowest BCUT2D eigenvalue weighted by molar-refractivity contribution is -0.138. The zero-order chi connectivity index (χ0) is 24.9. The number of amides is 1. The number of halogens is 5. The van der Waals surface area contributed by atoms with E-state index in [-0.39, 0.29) is 28.9 Å². The van der Waals surface area contributed by atoms with Crippen LogP contribution in [-0.2, 0) is 6.18 Å². The van der Waals surface area contributed by atoms with Crippen molar-refractivity contribution in [3.63, 3.8) is 0 Å². The van der Waals surface area contributed by atoms with Crippen molar-refractivity contribution in [1.82, 2.24) is 4.98 Å². The SMILES string of the molecule is CCCCCOc1ccc(Nc2nc(C(=O)N(C)c3ccc(Cl)c(Cl)c3)cs2)cc1C(F)(F)F. The van der Waals surface area contributed by atoms with E-state index >= 15 is 0 Å². The van der Waals surface area contributed by atoms with Crippen LogP contribution in [0.3, 0.4) is 0 Å². The highest BCUT2D eigenvalue weighted by Crippen LogP contribution is 2.39. The maximum Gasteiger partial charge on any atom is 0.420 e. The Morgan fingerprint density at radius 2 is 1.91 bits per heavy atom. The molecule has 2 aromatic carbocycles. The average Bonchev–Trinajstić information content (AvgIpc) is 3.26. The monoisotopic (exact) mass is 531 g/mol. The van der Waals surface area contributed by atoms with Crippen LogP contribution in [0.25, 0.3) is 0 Å². The minimum absolute atomic E-state index is 0.132. The molecule has 182 valence electrons. The predicted octanol–water partition coefficient (Wildman–Crippen LogP) is 8.06. The van der Waals surface area contributed by atoms with E-state index in [1.54, 1.807) is 25.2 Å². The molecular weight excluding hydrogens is 510 g/mol. The van der Waals surface area contributed by atoms with Crippen molar-refractivity contribution in [2.45, 2.75) is 32.4 Å². The molecule has 1 N–H and O–H groups in total. The molecule has 0 fully saturated rings. The van der Waals surface area contributed by atoms with Crippen LogP contribution in [0.15, 0.2) is 41.8 Å². The van der Waals surface area contributed by atoms with Crippen LogP contribution < -0.4 is 15.0 Å². The summed E-state index contributed by atoms with van der Waals surface area (Å²) in [5.74, 6) is -0.623. The van der Waals surface area contributed by atoms with Crippen LogP contribution in [0.2, 0.25) is 10.0 Å². The number of ether oxygens (including phenoxy) is 1. The number of alkyl halides is 3. The fraction of sp³-hybridized carbons (Fsp3) is 0.304. The molecule has 1 amide bonds.